The van der Waals surface area contributed by atoms with Crippen molar-refractivity contribution in [2.75, 3.05) is 24.4 Å². The first-order valence-corrected chi connectivity index (χ1v) is 10.6. The number of anilines is 1. The maximum atomic E-state index is 13.0. The molecule has 28 heavy (non-hydrogen) atoms. The monoisotopic (exact) mass is 428 g/mol. The summed E-state index contributed by atoms with van der Waals surface area (Å²) in [5, 5.41) is 9.31. The number of sulfonamides is 1. The van der Waals surface area contributed by atoms with Crippen LogP contribution in [0.5, 0.6) is 0 Å². The molecule has 0 aliphatic heterocycles. The van der Waals surface area contributed by atoms with Gasteiger partial charge in [-0.3, -0.25) is 9.52 Å². The van der Waals surface area contributed by atoms with Gasteiger partial charge >= 0.3 is 0 Å². The van der Waals surface area contributed by atoms with Crippen molar-refractivity contribution in [1.82, 2.24) is 4.90 Å². The van der Waals surface area contributed by atoms with Crippen molar-refractivity contribution in [1.29, 1.82) is 0 Å². The highest BCUT2D eigenvalue weighted by atomic mass is 35.5. The highest BCUT2D eigenvalue weighted by Gasteiger charge is 2.19. The van der Waals surface area contributed by atoms with Crippen molar-refractivity contribution in [2.24, 2.45) is 0 Å². The van der Waals surface area contributed by atoms with Crippen LogP contribution in [0, 0.1) is 5.82 Å². The number of aliphatic hydroxyl groups excluding tert-OH is 1. The molecule has 1 amide bonds. The molecule has 2 rings (SSSR count). The number of carbonyl (C=O) groups is 1. The molecule has 0 spiro atoms. The van der Waals surface area contributed by atoms with E-state index in [0.29, 0.717) is 6.54 Å². The van der Waals surface area contributed by atoms with E-state index in [0.717, 1.165) is 37.1 Å². The Balaban J connectivity index is 2.29. The summed E-state index contributed by atoms with van der Waals surface area (Å²) < 4.78 is 40.4. The van der Waals surface area contributed by atoms with Crippen molar-refractivity contribution in [3.8, 4) is 0 Å². The molecule has 0 heterocycles. The summed E-state index contributed by atoms with van der Waals surface area (Å²) in [6.07, 6.45) is 1.67. The average molecular weight is 429 g/mol. The van der Waals surface area contributed by atoms with E-state index in [9.17, 15) is 22.7 Å². The molecule has 0 saturated carbocycles. The number of benzene rings is 2. The van der Waals surface area contributed by atoms with Crippen LogP contribution in [0.4, 0.5) is 10.1 Å². The summed E-state index contributed by atoms with van der Waals surface area (Å²) in [6, 6.07) is 8.61. The lowest BCUT2D eigenvalue weighted by Gasteiger charge is -2.22. The van der Waals surface area contributed by atoms with Gasteiger partial charge in [-0.15, -0.1) is 0 Å². The van der Waals surface area contributed by atoms with Gasteiger partial charge in [0.2, 0.25) is 0 Å². The third kappa shape index (κ3) is 5.67. The first kappa shape index (κ1) is 22.1. The molecule has 2 N–H and O–H groups in total. The quantitative estimate of drug-likeness (QED) is 0.639. The third-order valence-electron chi connectivity index (χ3n) is 4.02. The van der Waals surface area contributed by atoms with Gasteiger partial charge in [-0.25, -0.2) is 12.8 Å². The zero-order chi connectivity index (χ0) is 20.7. The lowest BCUT2D eigenvalue weighted by molar-refractivity contribution is 0.0719. The fourth-order valence-corrected chi connectivity index (χ4v) is 3.81. The molecule has 0 bridgehead atoms. The van der Waals surface area contributed by atoms with Crippen LogP contribution in [-0.4, -0.2) is 44.0 Å². The van der Waals surface area contributed by atoms with Crippen molar-refractivity contribution in [3.05, 3.63) is 58.9 Å². The number of aliphatic hydroxyl groups is 1. The molecule has 0 fully saturated rings. The van der Waals surface area contributed by atoms with Gasteiger partial charge in [0.05, 0.1) is 22.2 Å². The van der Waals surface area contributed by atoms with Crippen LogP contribution in [0.15, 0.2) is 47.4 Å². The summed E-state index contributed by atoms with van der Waals surface area (Å²) in [6.45, 7) is 2.48. The smallest absolute Gasteiger partial charge is 0.261 e. The lowest BCUT2D eigenvalue weighted by atomic mass is 10.1. The van der Waals surface area contributed by atoms with Gasteiger partial charge in [0, 0.05) is 18.7 Å². The second-order valence-corrected chi connectivity index (χ2v) is 8.21. The first-order chi connectivity index (χ1) is 13.3. The summed E-state index contributed by atoms with van der Waals surface area (Å²) >= 11 is 6.09. The van der Waals surface area contributed by atoms with E-state index in [4.69, 9.17) is 11.6 Å². The van der Waals surface area contributed by atoms with Gasteiger partial charge in [-0.1, -0.05) is 24.9 Å². The number of hydrogen-bond donors (Lipinski definition) is 2. The molecule has 152 valence electrons. The topological polar surface area (TPSA) is 86.7 Å². The zero-order valence-corrected chi connectivity index (χ0v) is 16.9. The average Bonchev–Trinajstić information content (AvgIpc) is 2.66. The molecule has 2 aromatic carbocycles. The van der Waals surface area contributed by atoms with E-state index in [1.165, 1.54) is 23.1 Å². The number of carbonyl (C=O) groups excluding carboxylic acids is 1. The van der Waals surface area contributed by atoms with E-state index < -0.39 is 15.8 Å². The minimum atomic E-state index is -4.01. The fraction of sp³-hybridized carbons (Fsp3) is 0.316. The minimum absolute atomic E-state index is 0.0382. The van der Waals surface area contributed by atoms with Crippen molar-refractivity contribution in [2.45, 2.75) is 24.7 Å². The summed E-state index contributed by atoms with van der Waals surface area (Å²) in [7, 11) is -4.01. The summed E-state index contributed by atoms with van der Waals surface area (Å²) in [5.41, 5.74) is 0.280. The maximum Gasteiger partial charge on any atom is 0.261 e. The predicted molar refractivity (Wildman–Crippen MR) is 107 cm³/mol. The summed E-state index contributed by atoms with van der Waals surface area (Å²) in [4.78, 5) is 14.1. The first-order valence-electron chi connectivity index (χ1n) is 8.76. The van der Waals surface area contributed by atoms with Crippen LogP contribution in [0.3, 0.4) is 0 Å². The number of hydrogen-bond acceptors (Lipinski definition) is 4. The molecule has 2 aromatic rings. The van der Waals surface area contributed by atoms with Crippen molar-refractivity contribution >= 4 is 33.2 Å². The Kier molecular flexibility index (Phi) is 7.79. The van der Waals surface area contributed by atoms with Gasteiger partial charge in [-0.05, 0) is 48.9 Å². The van der Waals surface area contributed by atoms with Gasteiger partial charge < -0.3 is 10.0 Å². The van der Waals surface area contributed by atoms with E-state index in [1.54, 1.807) is 0 Å². The molecule has 0 saturated heterocycles. The number of rotatable bonds is 9. The van der Waals surface area contributed by atoms with Crippen LogP contribution < -0.4 is 4.72 Å². The minimum Gasteiger partial charge on any atom is -0.395 e. The van der Waals surface area contributed by atoms with Crippen LogP contribution >= 0.6 is 11.6 Å². The maximum absolute atomic E-state index is 13.0. The van der Waals surface area contributed by atoms with Crippen molar-refractivity contribution < 1.29 is 22.7 Å². The Morgan fingerprint density at radius 3 is 2.46 bits per heavy atom. The highest BCUT2D eigenvalue weighted by molar-refractivity contribution is 7.92. The zero-order valence-electron chi connectivity index (χ0n) is 15.4. The normalized spacial score (nSPS) is 11.3. The van der Waals surface area contributed by atoms with E-state index in [-0.39, 0.29) is 40.2 Å². The number of halogens is 2. The Hall–Kier alpha value is -2.16. The largest absolute Gasteiger partial charge is 0.395 e. The standard InChI is InChI=1S/C19H22ClFN2O4S/c1-2-3-10-23(11-12-24)19(25)14-4-9-17(20)18(13-14)22-28(26,27)16-7-5-15(21)6-8-16/h4-9,13,22,24H,2-3,10-12H2,1H3. The van der Waals surface area contributed by atoms with Crippen LogP contribution in [-0.2, 0) is 10.0 Å². The molecule has 0 aliphatic rings. The Labute approximate surface area is 169 Å². The third-order valence-corrected chi connectivity index (χ3v) is 5.73. The second-order valence-electron chi connectivity index (χ2n) is 6.12. The Morgan fingerprint density at radius 2 is 1.86 bits per heavy atom. The van der Waals surface area contributed by atoms with E-state index >= 15 is 0 Å². The SMILES string of the molecule is CCCCN(CCO)C(=O)c1ccc(Cl)c(NS(=O)(=O)c2ccc(F)cc2)c1. The molecular weight excluding hydrogens is 407 g/mol. The predicted octanol–water partition coefficient (Wildman–Crippen LogP) is 3.51. The Morgan fingerprint density at radius 1 is 1.18 bits per heavy atom. The molecule has 0 unspecified atom stereocenters. The van der Waals surface area contributed by atoms with Crippen LogP contribution in [0.25, 0.3) is 0 Å². The molecule has 0 atom stereocenters. The molecule has 9 heteroatoms. The Bertz CT molecular complexity index is 920. The van der Waals surface area contributed by atoms with Gasteiger partial charge in [0.25, 0.3) is 15.9 Å². The molecular formula is C19H22ClFN2O4S. The molecule has 0 radical (unpaired) electrons. The number of amides is 1. The summed E-state index contributed by atoms with van der Waals surface area (Å²) in [5.74, 6) is -0.887. The van der Waals surface area contributed by atoms with Gasteiger partial charge in [0.15, 0.2) is 0 Å². The molecule has 6 nitrogen and oxygen atoms in total. The fourth-order valence-electron chi connectivity index (χ4n) is 2.52. The number of nitrogens with one attached hydrogen (secondary N) is 1. The highest BCUT2D eigenvalue weighted by Crippen LogP contribution is 2.26. The number of nitrogens with zero attached hydrogens (tertiary/aromatic N) is 1. The van der Waals surface area contributed by atoms with E-state index in [1.807, 2.05) is 6.92 Å². The van der Waals surface area contributed by atoms with Crippen molar-refractivity contribution in [3.63, 3.8) is 0 Å². The van der Waals surface area contributed by atoms with Gasteiger partial charge in [-0.2, -0.15) is 0 Å². The molecule has 0 aromatic heterocycles. The molecule has 0 aliphatic carbocycles. The lowest BCUT2D eigenvalue weighted by Crippen LogP contribution is -2.34. The second kappa shape index (κ2) is 9.86. The van der Waals surface area contributed by atoms with E-state index in [2.05, 4.69) is 4.72 Å². The van der Waals surface area contributed by atoms with Crippen LogP contribution in [0.2, 0.25) is 5.02 Å². The van der Waals surface area contributed by atoms with Gasteiger partial charge in [0.1, 0.15) is 5.82 Å². The van der Waals surface area contributed by atoms with Crippen LogP contribution in [0.1, 0.15) is 30.1 Å². The number of unbranched alkanes of at least 4 members (excludes halogenated alkanes) is 1.